The van der Waals surface area contributed by atoms with Crippen LogP contribution in [0.25, 0.3) is 10.9 Å². The van der Waals surface area contributed by atoms with Crippen molar-refractivity contribution < 1.29 is 9.21 Å². The Morgan fingerprint density at radius 2 is 2.13 bits per heavy atom. The molecular formula is C19H20N2O2. The Balaban J connectivity index is 1.58. The summed E-state index contributed by atoms with van der Waals surface area (Å²) in [4.78, 5) is 18.2. The first-order valence-electron chi connectivity index (χ1n) is 8.13. The van der Waals surface area contributed by atoms with Gasteiger partial charge in [-0.05, 0) is 43.5 Å². The lowest BCUT2D eigenvalue weighted by Crippen LogP contribution is -2.36. The van der Waals surface area contributed by atoms with Crippen molar-refractivity contribution in [1.82, 2.24) is 9.88 Å². The number of benzene rings is 1. The Kier molecular flexibility index (Phi) is 3.45. The molecule has 1 saturated carbocycles. The molecule has 1 aromatic carbocycles. The second-order valence-corrected chi connectivity index (χ2v) is 6.26. The van der Waals surface area contributed by atoms with E-state index in [-0.39, 0.29) is 11.9 Å². The monoisotopic (exact) mass is 308 g/mol. The molecule has 1 atom stereocenters. The van der Waals surface area contributed by atoms with Crippen LogP contribution < -0.4 is 0 Å². The Morgan fingerprint density at radius 3 is 2.87 bits per heavy atom. The summed E-state index contributed by atoms with van der Waals surface area (Å²) in [6, 6.07) is 12.3. The van der Waals surface area contributed by atoms with E-state index in [1.165, 1.54) is 0 Å². The molecule has 4 rings (SSSR count). The average Bonchev–Trinajstić information content (AvgIpc) is 3.09. The number of furan rings is 1. The summed E-state index contributed by atoms with van der Waals surface area (Å²) < 4.78 is 5.51. The van der Waals surface area contributed by atoms with Crippen molar-refractivity contribution in [3.05, 3.63) is 60.2 Å². The molecule has 4 nitrogen and oxygen atoms in total. The predicted octanol–water partition coefficient (Wildman–Crippen LogP) is 4.06. The summed E-state index contributed by atoms with van der Waals surface area (Å²) in [5.74, 6) is 1.02. The maximum absolute atomic E-state index is 12.9. The molecule has 0 aliphatic heterocycles. The third kappa shape index (κ3) is 2.65. The van der Waals surface area contributed by atoms with Gasteiger partial charge in [-0.1, -0.05) is 18.2 Å². The first-order chi connectivity index (χ1) is 11.2. The summed E-state index contributed by atoms with van der Waals surface area (Å²) in [6.45, 7) is 2.05. The fourth-order valence-electron chi connectivity index (χ4n) is 3.29. The molecular weight excluding hydrogens is 288 g/mol. The third-order valence-electron chi connectivity index (χ3n) is 4.62. The quantitative estimate of drug-likeness (QED) is 0.773. The highest BCUT2D eigenvalue weighted by Crippen LogP contribution is 2.35. The SMILES string of the molecule is C[C@@H](c1ccco1)N(C(=O)Cc1c[nH]c2ccccc12)C1CC1. The van der Waals surface area contributed by atoms with E-state index < -0.39 is 0 Å². The largest absolute Gasteiger partial charge is 0.467 e. The number of carbonyl (C=O) groups excluding carboxylic acids is 1. The first-order valence-corrected chi connectivity index (χ1v) is 8.13. The van der Waals surface area contributed by atoms with Crippen LogP contribution in [0.2, 0.25) is 0 Å². The first kappa shape index (κ1) is 14.1. The molecule has 118 valence electrons. The van der Waals surface area contributed by atoms with Gasteiger partial charge in [0.25, 0.3) is 0 Å². The van der Waals surface area contributed by atoms with Crippen molar-refractivity contribution in [2.45, 2.75) is 38.3 Å². The maximum Gasteiger partial charge on any atom is 0.227 e. The summed E-state index contributed by atoms with van der Waals surface area (Å²) in [6.07, 6.45) is 6.22. The van der Waals surface area contributed by atoms with E-state index in [0.29, 0.717) is 12.5 Å². The molecule has 1 amide bonds. The zero-order valence-electron chi connectivity index (χ0n) is 13.2. The van der Waals surface area contributed by atoms with Crippen LogP contribution in [0.4, 0.5) is 0 Å². The second kappa shape index (κ2) is 5.61. The average molecular weight is 308 g/mol. The summed E-state index contributed by atoms with van der Waals surface area (Å²) >= 11 is 0. The fraction of sp³-hybridized carbons (Fsp3) is 0.316. The van der Waals surface area contributed by atoms with E-state index in [4.69, 9.17) is 4.42 Å². The minimum Gasteiger partial charge on any atom is -0.467 e. The van der Waals surface area contributed by atoms with E-state index in [1.54, 1.807) is 6.26 Å². The number of nitrogens with zero attached hydrogens (tertiary/aromatic N) is 1. The van der Waals surface area contributed by atoms with Crippen LogP contribution in [0.1, 0.15) is 37.1 Å². The van der Waals surface area contributed by atoms with Crippen molar-refractivity contribution in [1.29, 1.82) is 0 Å². The lowest BCUT2D eigenvalue weighted by atomic mass is 10.1. The predicted molar refractivity (Wildman–Crippen MR) is 89.0 cm³/mol. The van der Waals surface area contributed by atoms with Gasteiger partial charge in [-0.25, -0.2) is 0 Å². The number of aromatic amines is 1. The van der Waals surface area contributed by atoms with Crippen LogP contribution in [0.15, 0.2) is 53.3 Å². The minimum atomic E-state index is -0.0183. The van der Waals surface area contributed by atoms with Gasteiger partial charge in [0, 0.05) is 23.1 Å². The molecule has 0 unspecified atom stereocenters. The molecule has 0 bridgehead atoms. The Bertz CT molecular complexity index is 815. The van der Waals surface area contributed by atoms with Gasteiger partial charge in [0.2, 0.25) is 5.91 Å². The van der Waals surface area contributed by atoms with Gasteiger partial charge in [0.05, 0.1) is 18.7 Å². The summed E-state index contributed by atoms with van der Waals surface area (Å²) in [5, 5.41) is 1.13. The highest BCUT2D eigenvalue weighted by molar-refractivity contribution is 5.89. The summed E-state index contributed by atoms with van der Waals surface area (Å²) in [7, 11) is 0. The Hall–Kier alpha value is -2.49. The van der Waals surface area contributed by atoms with Gasteiger partial charge < -0.3 is 14.3 Å². The molecule has 2 aromatic heterocycles. The van der Waals surface area contributed by atoms with Crippen molar-refractivity contribution >= 4 is 16.8 Å². The molecule has 1 fully saturated rings. The van der Waals surface area contributed by atoms with Gasteiger partial charge in [0.1, 0.15) is 5.76 Å². The molecule has 2 heterocycles. The molecule has 0 radical (unpaired) electrons. The number of H-pyrrole nitrogens is 1. The lowest BCUT2D eigenvalue weighted by Gasteiger charge is -2.28. The Morgan fingerprint density at radius 1 is 1.30 bits per heavy atom. The van der Waals surface area contributed by atoms with E-state index in [9.17, 15) is 4.79 Å². The molecule has 23 heavy (non-hydrogen) atoms. The third-order valence-corrected chi connectivity index (χ3v) is 4.62. The number of para-hydroxylation sites is 1. The molecule has 1 aliphatic rings. The molecule has 0 spiro atoms. The highest BCUT2D eigenvalue weighted by atomic mass is 16.3. The van der Waals surface area contributed by atoms with Crippen molar-refractivity contribution in [3.8, 4) is 0 Å². The van der Waals surface area contributed by atoms with E-state index in [0.717, 1.165) is 35.1 Å². The number of aromatic nitrogens is 1. The normalized spacial score (nSPS) is 15.7. The number of hydrogen-bond donors (Lipinski definition) is 1. The van der Waals surface area contributed by atoms with Gasteiger partial charge >= 0.3 is 0 Å². The smallest absolute Gasteiger partial charge is 0.227 e. The fourth-order valence-corrected chi connectivity index (χ4v) is 3.29. The van der Waals surface area contributed by atoms with Gasteiger partial charge in [-0.3, -0.25) is 4.79 Å². The molecule has 1 N–H and O–H groups in total. The lowest BCUT2D eigenvalue weighted by molar-refractivity contribution is -0.133. The molecule has 1 aliphatic carbocycles. The van der Waals surface area contributed by atoms with Crippen molar-refractivity contribution in [2.75, 3.05) is 0 Å². The van der Waals surface area contributed by atoms with Crippen molar-refractivity contribution in [2.24, 2.45) is 0 Å². The van der Waals surface area contributed by atoms with Gasteiger partial charge in [-0.2, -0.15) is 0 Å². The number of nitrogens with one attached hydrogen (secondary N) is 1. The zero-order valence-corrected chi connectivity index (χ0v) is 13.2. The van der Waals surface area contributed by atoms with Crippen LogP contribution in [-0.4, -0.2) is 21.8 Å². The van der Waals surface area contributed by atoms with Crippen molar-refractivity contribution in [3.63, 3.8) is 0 Å². The van der Waals surface area contributed by atoms with Gasteiger partial charge in [-0.15, -0.1) is 0 Å². The van der Waals surface area contributed by atoms with Crippen LogP contribution in [-0.2, 0) is 11.2 Å². The Labute approximate surface area is 135 Å². The topological polar surface area (TPSA) is 49.2 Å². The van der Waals surface area contributed by atoms with Crippen LogP contribution in [0, 0.1) is 0 Å². The standard InChI is InChI=1S/C19H20N2O2/c1-13(18-7-4-10-23-18)21(15-8-9-15)19(22)11-14-12-20-17-6-3-2-5-16(14)17/h2-7,10,12-13,15,20H,8-9,11H2,1H3/t13-/m0/s1. The van der Waals surface area contributed by atoms with E-state index in [1.807, 2.05) is 48.4 Å². The number of fused-ring (bicyclic) bond motifs is 1. The van der Waals surface area contributed by atoms with E-state index >= 15 is 0 Å². The molecule has 3 aromatic rings. The number of carbonyl (C=O) groups is 1. The summed E-state index contributed by atoms with van der Waals surface area (Å²) in [5.41, 5.74) is 2.13. The van der Waals surface area contributed by atoms with Gasteiger partial charge in [0.15, 0.2) is 0 Å². The second-order valence-electron chi connectivity index (χ2n) is 6.26. The minimum absolute atomic E-state index is 0.0183. The number of amides is 1. The number of rotatable bonds is 5. The van der Waals surface area contributed by atoms with Crippen LogP contribution in [0.3, 0.4) is 0 Å². The number of hydrogen-bond acceptors (Lipinski definition) is 2. The molecule has 0 saturated heterocycles. The highest BCUT2D eigenvalue weighted by Gasteiger charge is 2.37. The van der Waals surface area contributed by atoms with Crippen LogP contribution >= 0.6 is 0 Å². The zero-order chi connectivity index (χ0) is 15.8. The van der Waals surface area contributed by atoms with E-state index in [2.05, 4.69) is 11.1 Å². The molecule has 4 heteroatoms. The van der Waals surface area contributed by atoms with Crippen LogP contribution in [0.5, 0.6) is 0 Å². The maximum atomic E-state index is 12.9.